The molecule has 0 bridgehead atoms. The molecule has 2 unspecified atom stereocenters. The molecule has 0 aromatic carbocycles. The Balaban J connectivity index is 0.000000360. The van der Waals surface area contributed by atoms with Gasteiger partial charge in [0.25, 0.3) is 0 Å². The largest absolute Gasteiger partial charge is 0.490 e. The summed E-state index contributed by atoms with van der Waals surface area (Å²) < 4.78 is 50.9. The molecule has 2 aliphatic rings. The molecule has 2 aliphatic heterocycles. The van der Waals surface area contributed by atoms with Crippen molar-refractivity contribution in [3.8, 4) is 0 Å². The van der Waals surface area contributed by atoms with Crippen LogP contribution in [0.5, 0.6) is 0 Å². The zero-order valence-electron chi connectivity index (χ0n) is 17.1. The summed E-state index contributed by atoms with van der Waals surface area (Å²) in [7, 11) is 0. The summed E-state index contributed by atoms with van der Waals surface area (Å²) in [5.74, 6) is -2.73. The maximum Gasteiger partial charge on any atom is 0.490 e. The van der Waals surface area contributed by atoms with E-state index in [4.69, 9.17) is 14.6 Å². The maximum atomic E-state index is 12.9. The van der Waals surface area contributed by atoms with Crippen LogP contribution in [-0.4, -0.2) is 68.4 Å². The van der Waals surface area contributed by atoms with Crippen molar-refractivity contribution in [2.24, 2.45) is 0 Å². The van der Waals surface area contributed by atoms with E-state index < -0.39 is 18.0 Å². The molecule has 4 heterocycles. The highest BCUT2D eigenvalue weighted by molar-refractivity contribution is 5.73. The standard InChI is InChI=1S/C18H22FN5O.C2HF3O2/c19-15-9-21-17(22-10-15)23-16-7-18(25-12-16)4-2-6-24(13-18)11-14-3-1-5-20-8-14;3-2(4,5)1(6)7/h1,3,5,8-10,16H,2,4,6-7,11-13H2,(H,21,22,23);(H,6,7). The van der Waals surface area contributed by atoms with Gasteiger partial charge in [-0.15, -0.1) is 0 Å². The SMILES string of the molecule is Fc1cnc(NC2COC3(CCCN(Cc4cccnc4)C3)C2)nc1.O=C(O)C(F)(F)F. The Hall–Kier alpha value is -2.86. The normalized spacial score (nSPS) is 23.4. The molecule has 2 aromatic heterocycles. The number of carboxylic acid groups (broad SMARTS) is 1. The van der Waals surface area contributed by atoms with Crippen LogP contribution in [0, 0.1) is 5.82 Å². The van der Waals surface area contributed by atoms with E-state index in [0.717, 1.165) is 38.9 Å². The van der Waals surface area contributed by atoms with Gasteiger partial charge in [-0.2, -0.15) is 13.2 Å². The zero-order valence-corrected chi connectivity index (χ0v) is 17.1. The number of rotatable bonds is 4. The molecule has 2 N–H and O–H groups in total. The number of ether oxygens (including phenoxy) is 1. The summed E-state index contributed by atoms with van der Waals surface area (Å²) in [4.78, 5) is 23.5. The second kappa shape index (κ2) is 10.2. The Kier molecular flexibility index (Phi) is 7.56. The molecule has 32 heavy (non-hydrogen) atoms. The van der Waals surface area contributed by atoms with Crippen molar-refractivity contribution in [2.75, 3.05) is 25.0 Å². The predicted molar refractivity (Wildman–Crippen MR) is 105 cm³/mol. The monoisotopic (exact) mass is 457 g/mol. The minimum atomic E-state index is -5.08. The number of nitrogens with zero attached hydrogens (tertiary/aromatic N) is 4. The highest BCUT2D eigenvalue weighted by Crippen LogP contribution is 2.36. The van der Waals surface area contributed by atoms with Gasteiger partial charge < -0.3 is 15.2 Å². The first-order valence-corrected chi connectivity index (χ1v) is 9.95. The molecule has 2 aromatic rings. The first-order chi connectivity index (χ1) is 15.2. The van der Waals surface area contributed by atoms with Gasteiger partial charge in [-0.25, -0.2) is 19.2 Å². The van der Waals surface area contributed by atoms with Crippen LogP contribution in [0.1, 0.15) is 24.8 Å². The molecule has 2 saturated heterocycles. The lowest BCUT2D eigenvalue weighted by Gasteiger charge is -2.39. The summed E-state index contributed by atoms with van der Waals surface area (Å²) in [6, 6.07) is 4.24. The number of alkyl halides is 3. The third-order valence-electron chi connectivity index (χ3n) is 5.15. The molecular formula is C20H23F4N5O3. The van der Waals surface area contributed by atoms with Crippen LogP contribution in [-0.2, 0) is 16.1 Å². The van der Waals surface area contributed by atoms with E-state index in [9.17, 15) is 17.6 Å². The fraction of sp³-hybridized carbons (Fsp3) is 0.500. The molecule has 0 amide bonds. The fourth-order valence-electron chi connectivity index (χ4n) is 3.87. The van der Waals surface area contributed by atoms with Gasteiger partial charge in [-0.1, -0.05) is 6.07 Å². The van der Waals surface area contributed by atoms with Crippen molar-refractivity contribution in [1.29, 1.82) is 0 Å². The summed E-state index contributed by atoms with van der Waals surface area (Å²) in [6.45, 7) is 3.53. The first-order valence-electron chi connectivity index (χ1n) is 9.95. The summed E-state index contributed by atoms with van der Waals surface area (Å²) in [6.07, 6.45) is 4.10. The van der Waals surface area contributed by atoms with Gasteiger partial charge in [0.2, 0.25) is 5.95 Å². The van der Waals surface area contributed by atoms with Crippen LogP contribution >= 0.6 is 0 Å². The fourth-order valence-corrected chi connectivity index (χ4v) is 3.87. The summed E-state index contributed by atoms with van der Waals surface area (Å²) >= 11 is 0. The van der Waals surface area contributed by atoms with E-state index in [1.165, 1.54) is 18.0 Å². The molecule has 4 rings (SSSR count). The number of aromatic nitrogens is 3. The van der Waals surface area contributed by atoms with Crippen LogP contribution in [0.15, 0.2) is 36.9 Å². The number of nitrogens with one attached hydrogen (secondary N) is 1. The lowest BCUT2D eigenvalue weighted by molar-refractivity contribution is -0.192. The minimum absolute atomic E-state index is 0.113. The number of aliphatic carboxylic acids is 1. The molecule has 12 heteroatoms. The quantitative estimate of drug-likeness (QED) is 0.677. The van der Waals surface area contributed by atoms with Crippen molar-refractivity contribution < 1.29 is 32.2 Å². The van der Waals surface area contributed by atoms with Gasteiger partial charge in [0.1, 0.15) is 0 Å². The van der Waals surface area contributed by atoms with Crippen LogP contribution in [0.2, 0.25) is 0 Å². The van der Waals surface area contributed by atoms with E-state index in [2.05, 4.69) is 31.2 Å². The zero-order chi connectivity index (χ0) is 23.2. The Labute approximate surface area is 181 Å². The number of anilines is 1. The number of carbonyl (C=O) groups is 1. The molecule has 2 atom stereocenters. The number of halogens is 4. The van der Waals surface area contributed by atoms with Crippen molar-refractivity contribution in [1.82, 2.24) is 19.9 Å². The average Bonchev–Trinajstić information content (AvgIpc) is 3.11. The van der Waals surface area contributed by atoms with Gasteiger partial charge in [-0.05, 0) is 31.0 Å². The second-order valence-electron chi connectivity index (χ2n) is 7.74. The Morgan fingerprint density at radius 2 is 2.03 bits per heavy atom. The van der Waals surface area contributed by atoms with Crippen molar-refractivity contribution in [2.45, 2.75) is 43.6 Å². The number of hydrogen-bond donors (Lipinski definition) is 2. The molecule has 174 valence electrons. The molecular weight excluding hydrogens is 434 g/mol. The van der Waals surface area contributed by atoms with E-state index in [0.29, 0.717) is 12.6 Å². The molecule has 8 nitrogen and oxygen atoms in total. The number of piperidine rings is 1. The van der Waals surface area contributed by atoms with Gasteiger partial charge in [0.05, 0.1) is 30.6 Å². The average molecular weight is 457 g/mol. The Bertz CT molecular complexity index is 885. The predicted octanol–water partition coefficient (Wildman–Crippen LogP) is 2.88. The van der Waals surface area contributed by atoms with Crippen LogP contribution in [0.4, 0.5) is 23.5 Å². The third-order valence-corrected chi connectivity index (χ3v) is 5.15. The van der Waals surface area contributed by atoms with Crippen molar-refractivity contribution in [3.05, 3.63) is 48.3 Å². The topological polar surface area (TPSA) is 100 Å². The van der Waals surface area contributed by atoms with Crippen LogP contribution in [0.25, 0.3) is 0 Å². The van der Waals surface area contributed by atoms with Gasteiger partial charge in [0.15, 0.2) is 5.82 Å². The molecule has 0 saturated carbocycles. The van der Waals surface area contributed by atoms with Crippen molar-refractivity contribution >= 4 is 11.9 Å². The number of hydrogen-bond acceptors (Lipinski definition) is 7. The first kappa shape index (κ1) is 23.8. The summed E-state index contributed by atoms with van der Waals surface area (Å²) in [5, 5.41) is 10.4. The number of carboxylic acids is 1. The minimum Gasteiger partial charge on any atom is -0.475 e. The van der Waals surface area contributed by atoms with Crippen LogP contribution < -0.4 is 5.32 Å². The highest BCUT2D eigenvalue weighted by atomic mass is 19.4. The highest BCUT2D eigenvalue weighted by Gasteiger charge is 2.43. The number of pyridine rings is 1. The van der Waals surface area contributed by atoms with Gasteiger partial charge in [0, 0.05) is 31.9 Å². The summed E-state index contributed by atoms with van der Waals surface area (Å²) in [5.41, 5.74) is 1.12. The molecule has 0 aliphatic carbocycles. The second-order valence-corrected chi connectivity index (χ2v) is 7.74. The third kappa shape index (κ3) is 6.82. The van der Waals surface area contributed by atoms with E-state index in [1.807, 2.05) is 12.3 Å². The lowest BCUT2D eigenvalue weighted by atomic mass is 9.88. The molecule has 2 fully saturated rings. The molecule has 1 spiro atoms. The van der Waals surface area contributed by atoms with E-state index >= 15 is 0 Å². The Morgan fingerprint density at radius 3 is 2.66 bits per heavy atom. The van der Waals surface area contributed by atoms with Gasteiger partial charge >= 0.3 is 12.1 Å². The van der Waals surface area contributed by atoms with Crippen molar-refractivity contribution in [3.63, 3.8) is 0 Å². The van der Waals surface area contributed by atoms with E-state index in [1.54, 1.807) is 6.20 Å². The Morgan fingerprint density at radius 1 is 1.31 bits per heavy atom. The molecule has 0 radical (unpaired) electrons. The lowest BCUT2D eigenvalue weighted by Crippen LogP contribution is -2.47. The smallest absolute Gasteiger partial charge is 0.475 e. The van der Waals surface area contributed by atoms with Gasteiger partial charge in [-0.3, -0.25) is 9.88 Å². The van der Waals surface area contributed by atoms with E-state index in [-0.39, 0.29) is 11.6 Å². The maximum absolute atomic E-state index is 12.9. The van der Waals surface area contributed by atoms with Crippen LogP contribution in [0.3, 0.4) is 0 Å². The number of likely N-dealkylation sites (tertiary alicyclic amines) is 1.